The fraction of sp³-hybridized carbons (Fsp3) is 0.409. The van der Waals surface area contributed by atoms with Crippen LogP contribution in [-0.4, -0.2) is 44.6 Å². The minimum atomic E-state index is -3.30. The van der Waals surface area contributed by atoms with Crippen molar-refractivity contribution in [3.8, 4) is 5.75 Å². The first-order chi connectivity index (χ1) is 14.4. The second kappa shape index (κ2) is 10.3. The second-order valence-electron chi connectivity index (χ2n) is 7.42. The van der Waals surface area contributed by atoms with E-state index < -0.39 is 10.0 Å². The van der Waals surface area contributed by atoms with Crippen molar-refractivity contribution in [3.63, 3.8) is 0 Å². The molecule has 30 heavy (non-hydrogen) atoms. The van der Waals surface area contributed by atoms with Crippen molar-refractivity contribution in [1.82, 2.24) is 4.31 Å². The van der Waals surface area contributed by atoms with Crippen LogP contribution in [-0.2, 0) is 21.2 Å². The smallest absolute Gasteiger partial charge is 0.227 e. The molecule has 0 unspecified atom stereocenters. The number of benzene rings is 2. The molecule has 1 amide bonds. The maximum atomic E-state index is 12.6. The molecule has 0 saturated carbocycles. The van der Waals surface area contributed by atoms with Gasteiger partial charge in [0.25, 0.3) is 0 Å². The molecule has 6 nitrogen and oxygen atoms in total. The highest BCUT2D eigenvalue weighted by Crippen LogP contribution is 2.28. The Balaban J connectivity index is 1.47. The lowest BCUT2D eigenvalue weighted by atomic mass is 9.97. The number of piperidine rings is 1. The fourth-order valence-corrected chi connectivity index (χ4v) is 5.41. The summed E-state index contributed by atoms with van der Waals surface area (Å²) < 4.78 is 31.9. The molecule has 0 radical (unpaired) electrons. The lowest BCUT2D eigenvalue weighted by Crippen LogP contribution is -2.42. The van der Waals surface area contributed by atoms with Crippen molar-refractivity contribution in [2.45, 2.75) is 25.7 Å². The van der Waals surface area contributed by atoms with E-state index in [1.165, 1.54) is 11.4 Å². The Kier molecular flexibility index (Phi) is 7.75. The number of anilines is 1. The zero-order chi connectivity index (χ0) is 21.6. The third-order valence-electron chi connectivity index (χ3n) is 5.35. The van der Waals surface area contributed by atoms with E-state index in [1.54, 1.807) is 18.2 Å². The topological polar surface area (TPSA) is 75.7 Å². The number of sulfonamides is 1. The maximum absolute atomic E-state index is 12.6. The summed E-state index contributed by atoms with van der Waals surface area (Å²) in [6.45, 7) is 0.740. The molecule has 1 N–H and O–H groups in total. The molecule has 1 heterocycles. The maximum Gasteiger partial charge on any atom is 0.227 e. The van der Waals surface area contributed by atoms with Gasteiger partial charge in [-0.3, -0.25) is 4.79 Å². The number of hydrogen-bond acceptors (Lipinski definition) is 4. The quantitative estimate of drug-likeness (QED) is 0.660. The molecule has 0 aromatic heterocycles. The van der Waals surface area contributed by atoms with Gasteiger partial charge in [-0.2, -0.15) is 0 Å². The Morgan fingerprint density at radius 1 is 1.17 bits per heavy atom. The van der Waals surface area contributed by atoms with Gasteiger partial charge in [-0.15, -0.1) is 0 Å². The third-order valence-corrected chi connectivity index (χ3v) is 7.60. The largest absolute Gasteiger partial charge is 0.495 e. The number of ether oxygens (including phenoxy) is 1. The van der Waals surface area contributed by atoms with Crippen LogP contribution >= 0.6 is 11.6 Å². The van der Waals surface area contributed by atoms with Gasteiger partial charge in [0.1, 0.15) is 5.75 Å². The molecule has 1 saturated heterocycles. The van der Waals surface area contributed by atoms with E-state index >= 15 is 0 Å². The van der Waals surface area contributed by atoms with Crippen LogP contribution in [0, 0.1) is 5.92 Å². The average molecular weight is 451 g/mol. The van der Waals surface area contributed by atoms with E-state index in [0.717, 1.165) is 12.0 Å². The summed E-state index contributed by atoms with van der Waals surface area (Å²) in [6.07, 6.45) is 2.34. The molecule has 0 aliphatic carbocycles. The SMILES string of the molecule is COc1ccc(NC(=O)C2CCN(S(=O)(=O)CCCc3ccccc3)CC2)cc1Cl. The number of carbonyl (C=O) groups is 1. The molecule has 1 aliphatic heterocycles. The number of rotatable bonds is 8. The highest BCUT2D eigenvalue weighted by molar-refractivity contribution is 7.89. The normalized spacial score (nSPS) is 15.7. The second-order valence-corrected chi connectivity index (χ2v) is 9.91. The lowest BCUT2D eigenvalue weighted by Gasteiger charge is -2.30. The summed E-state index contributed by atoms with van der Waals surface area (Å²) in [5.41, 5.74) is 1.74. The van der Waals surface area contributed by atoms with Crippen LogP contribution in [0.25, 0.3) is 0 Å². The van der Waals surface area contributed by atoms with Gasteiger partial charge >= 0.3 is 0 Å². The van der Waals surface area contributed by atoms with Crippen LogP contribution in [0.5, 0.6) is 5.75 Å². The molecule has 1 fully saturated rings. The summed E-state index contributed by atoms with van der Waals surface area (Å²) >= 11 is 6.10. The Bertz CT molecular complexity index is 958. The van der Waals surface area contributed by atoms with Crippen molar-refractivity contribution >= 4 is 33.2 Å². The van der Waals surface area contributed by atoms with Gasteiger partial charge in [0.05, 0.1) is 17.9 Å². The van der Waals surface area contributed by atoms with Crippen LogP contribution in [0.3, 0.4) is 0 Å². The van der Waals surface area contributed by atoms with E-state index in [1.807, 2.05) is 30.3 Å². The highest BCUT2D eigenvalue weighted by atomic mass is 35.5. The number of amides is 1. The monoisotopic (exact) mass is 450 g/mol. The van der Waals surface area contributed by atoms with Gasteiger partial charge in [-0.1, -0.05) is 41.9 Å². The number of methoxy groups -OCH3 is 1. The van der Waals surface area contributed by atoms with Gasteiger partial charge in [-0.05, 0) is 49.4 Å². The molecule has 2 aromatic carbocycles. The van der Waals surface area contributed by atoms with Crippen LogP contribution in [0.15, 0.2) is 48.5 Å². The number of carbonyl (C=O) groups excluding carboxylic acids is 1. The molecular weight excluding hydrogens is 424 g/mol. The van der Waals surface area contributed by atoms with Crippen molar-refractivity contribution in [2.24, 2.45) is 5.92 Å². The summed E-state index contributed by atoms with van der Waals surface area (Å²) in [4.78, 5) is 12.6. The predicted molar refractivity (Wildman–Crippen MR) is 119 cm³/mol. The van der Waals surface area contributed by atoms with Gasteiger partial charge < -0.3 is 10.1 Å². The molecule has 3 rings (SSSR count). The van der Waals surface area contributed by atoms with E-state index in [9.17, 15) is 13.2 Å². The fourth-order valence-electron chi connectivity index (χ4n) is 3.62. The van der Waals surface area contributed by atoms with Gasteiger partial charge in [0.2, 0.25) is 15.9 Å². The number of aryl methyl sites for hydroxylation is 1. The molecule has 1 aliphatic rings. The van der Waals surface area contributed by atoms with Crippen LogP contribution in [0.4, 0.5) is 5.69 Å². The first-order valence-electron chi connectivity index (χ1n) is 10.0. The van der Waals surface area contributed by atoms with E-state index in [4.69, 9.17) is 16.3 Å². The summed E-state index contributed by atoms with van der Waals surface area (Å²) in [6, 6.07) is 14.9. The molecular formula is C22H27ClN2O4S. The zero-order valence-corrected chi connectivity index (χ0v) is 18.6. The van der Waals surface area contributed by atoms with E-state index in [0.29, 0.717) is 48.8 Å². The third kappa shape index (κ3) is 5.97. The zero-order valence-electron chi connectivity index (χ0n) is 17.0. The standard InChI is InChI=1S/C22H27ClN2O4S/c1-29-21-10-9-19(16-20(21)23)24-22(26)18-11-13-25(14-12-18)30(27,28)15-5-8-17-6-3-2-4-7-17/h2-4,6-7,9-10,16,18H,5,8,11-15H2,1H3,(H,24,26). The first kappa shape index (κ1) is 22.6. The Morgan fingerprint density at radius 3 is 2.50 bits per heavy atom. The molecule has 0 bridgehead atoms. The van der Waals surface area contributed by atoms with Crippen LogP contribution < -0.4 is 10.1 Å². The Hall–Kier alpha value is -2.09. The van der Waals surface area contributed by atoms with E-state index in [2.05, 4.69) is 5.32 Å². The Labute approximate surface area is 183 Å². The Morgan fingerprint density at radius 2 is 1.87 bits per heavy atom. The van der Waals surface area contributed by atoms with Gasteiger partial charge in [0.15, 0.2) is 0 Å². The highest BCUT2D eigenvalue weighted by Gasteiger charge is 2.30. The number of halogens is 1. The minimum Gasteiger partial charge on any atom is -0.495 e. The molecule has 0 atom stereocenters. The first-order valence-corrected chi connectivity index (χ1v) is 12.0. The minimum absolute atomic E-state index is 0.114. The summed E-state index contributed by atoms with van der Waals surface area (Å²) in [5.74, 6) is 0.336. The molecule has 2 aromatic rings. The molecule has 8 heteroatoms. The lowest BCUT2D eigenvalue weighted by molar-refractivity contribution is -0.120. The molecule has 0 spiro atoms. The summed E-state index contributed by atoms with van der Waals surface area (Å²) in [7, 11) is -1.77. The van der Waals surface area contributed by atoms with Crippen molar-refractivity contribution in [3.05, 3.63) is 59.1 Å². The average Bonchev–Trinajstić information content (AvgIpc) is 2.74. The van der Waals surface area contributed by atoms with Crippen molar-refractivity contribution < 1.29 is 17.9 Å². The number of nitrogens with one attached hydrogen (secondary N) is 1. The van der Waals surface area contributed by atoms with Crippen molar-refractivity contribution in [1.29, 1.82) is 0 Å². The van der Waals surface area contributed by atoms with Gasteiger partial charge in [-0.25, -0.2) is 12.7 Å². The van der Waals surface area contributed by atoms with Crippen LogP contribution in [0.2, 0.25) is 5.02 Å². The summed E-state index contributed by atoms with van der Waals surface area (Å²) in [5, 5.41) is 3.29. The predicted octanol–water partition coefficient (Wildman–Crippen LogP) is 3.96. The number of hydrogen-bond donors (Lipinski definition) is 1. The van der Waals surface area contributed by atoms with Crippen LogP contribution in [0.1, 0.15) is 24.8 Å². The number of nitrogens with zero attached hydrogens (tertiary/aromatic N) is 1. The molecule has 162 valence electrons. The van der Waals surface area contributed by atoms with E-state index in [-0.39, 0.29) is 17.6 Å². The van der Waals surface area contributed by atoms with Crippen molar-refractivity contribution in [2.75, 3.05) is 31.3 Å². The van der Waals surface area contributed by atoms with Gasteiger partial charge in [0, 0.05) is 24.7 Å².